The van der Waals surface area contributed by atoms with E-state index in [-0.39, 0.29) is 0 Å². The highest BCUT2D eigenvalue weighted by molar-refractivity contribution is 5.97. The second-order valence-corrected chi connectivity index (χ2v) is 6.39. The molecule has 0 aliphatic carbocycles. The summed E-state index contributed by atoms with van der Waals surface area (Å²) in [6.07, 6.45) is 5.18. The number of anilines is 1. The van der Waals surface area contributed by atoms with Crippen LogP contribution in [0.15, 0.2) is 29.3 Å². The third-order valence-electron chi connectivity index (χ3n) is 4.98. The minimum Gasteiger partial charge on any atom is -0.355 e. The van der Waals surface area contributed by atoms with E-state index in [0.29, 0.717) is 0 Å². The lowest BCUT2D eigenvalue weighted by molar-refractivity contribution is 0.164. The summed E-state index contributed by atoms with van der Waals surface area (Å²) in [6, 6.07) is 9.38. The summed E-state index contributed by atoms with van der Waals surface area (Å²) in [6.45, 7) is 6.70. The lowest BCUT2D eigenvalue weighted by atomic mass is 10.0. The topological polar surface area (TPSA) is 30.9 Å². The van der Waals surface area contributed by atoms with Crippen molar-refractivity contribution in [3.63, 3.8) is 0 Å². The van der Waals surface area contributed by atoms with E-state index in [2.05, 4.69) is 51.3 Å². The highest BCUT2D eigenvalue weighted by atomic mass is 15.3. The molecule has 0 spiro atoms. The van der Waals surface area contributed by atoms with Crippen molar-refractivity contribution in [2.24, 2.45) is 4.99 Å². The predicted octanol–water partition coefficient (Wildman–Crippen LogP) is 2.50. The zero-order valence-corrected chi connectivity index (χ0v) is 13.9. The summed E-state index contributed by atoms with van der Waals surface area (Å²) in [5, 5.41) is 3.55. The van der Waals surface area contributed by atoms with Crippen LogP contribution in [-0.2, 0) is 6.42 Å². The molecule has 4 nitrogen and oxygen atoms in total. The van der Waals surface area contributed by atoms with Crippen LogP contribution < -0.4 is 10.2 Å². The van der Waals surface area contributed by atoms with Crippen LogP contribution >= 0.6 is 0 Å². The van der Waals surface area contributed by atoms with Gasteiger partial charge in [-0.2, -0.15) is 0 Å². The van der Waals surface area contributed by atoms with Crippen molar-refractivity contribution in [1.29, 1.82) is 0 Å². The van der Waals surface area contributed by atoms with Gasteiger partial charge in [-0.05, 0) is 44.4 Å². The molecule has 0 aromatic heterocycles. The molecular weight excluding hydrogens is 272 g/mol. The van der Waals surface area contributed by atoms with E-state index in [1.54, 1.807) is 0 Å². The van der Waals surface area contributed by atoms with Crippen LogP contribution in [0.2, 0.25) is 0 Å². The van der Waals surface area contributed by atoms with E-state index in [0.717, 1.165) is 38.1 Å². The molecule has 1 unspecified atom stereocenters. The van der Waals surface area contributed by atoms with Gasteiger partial charge in [0.05, 0.1) is 0 Å². The number of guanidine groups is 1. The molecule has 120 valence electrons. The second-order valence-electron chi connectivity index (χ2n) is 6.39. The number of para-hydroxylation sites is 1. The Labute approximate surface area is 134 Å². The van der Waals surface area contributed by atoms with E-state index in [1.807, 2.05) is 7.05 Å². The molecule has 1 saturated heterocycles. The van der Waals surface area contributed by atoms with Gasteiger partial charge in [0.15, 0.2) is 5.96 Å². The zero-order chi connectivity index (χ0) is 15.4. The Bertz CT molecular complexity index is 526. The summed E-state index contributed by atoms with van der Waals surface area (Å²) in [4.78, 5) is 9.40. The van der Waals surface area contributed by atoms with Gasteiger partial charge in [-0.1, -0.05) is 24.6 Å². The fourth-order valence-electron chi connectivity index (χ4n) is 3.65. The molecule has 2 aliphatic rings. The first-order valence-corrected chi connectivity index (χ1v) is 8.59. The average molecular weight is 300 g/mol. The Morgan fingerprint density at radius 3 is 2.95 bits per heavy atom. The molecule has 0 saturated carbocycles. The van der Waals surface area contributed by atoms with Crippen LogP contribution in [-0.4, -0.2) is 50.1 Å². The summed E-state index contributed by atoms with van der Waals surface area (Å²) in [5.41, 5.74) is 2.73. The number of nitrogens with zero attached hydrogens (tertiary/aromatic N) is 3. The van der Waals surface area contributed by atoms with Crippen LogP contribution in [0.3, 0.4) is 0 Å². The van der Waals surface area contributed by atoms with Crippen molar-refractivity contribution >= 4 is 11.6 Å². The standard InChI is InChI=1S/C18H28N4/c1-15-7-5-6-12-21(15)14-11-20-18(19-2)22-13-10-16-8-3-4-9-17(16)22/h3-4,8-9,15H,5-7,10-14H2,1-2H3,(H,19,20). The van der Waals surface area contributed by atoms with Gasteiger partial charge in [-0.15, -0.1) is 0 Å². The van der Waals surface area contributed by atoms with Crippen molar-refractivity contribution in [2.45, 2.75) is 38.6 Å². The van der Waals surface area contributed by atoms with Crippen LogP contribution in [0.25, 0.3) is 0 Å². The number of nitrogens with one attached hydrogen (secondary N) is 1. The summed E-state index contributed by atoms with van der Waals surface area (Å²) in [7, 11) is 1.88. The SMILES string of the molecule is CN=C(NCCN1CCCCC1C)N1CCc2ccccc21. The van der Waals surface area contributed by atoms with E-state index in [1.165, 1.54) is 37.1 Å². The molecule has 2 heterocycles. The Kier molecular flexibility index (Phi) is 4.98. The van der Waals surface area contributed by atoms with Crippen LogP contribution in [0.5, 0.6) is 0 Å². The van der Waals surface area contributed by atoms with Crippen molar-refractivity contribution in [3.05, 3.63) is 29.8 Å². The fraction of sp³-hybridized carbons (Fsp3) is 0.611. The number of hydrogen-bond acceptors (Lipinski definition) is 2. The Morgan fingerprint density at radius 2 is 2.14 bits per heavy atom. The fourth-order valence-corrected chi connectivity index (χ4v) is 3.65. The number of likely N-dealkylation sites (tertiary alicyclic amines) is 1. The van der Waals surface area contributed by atoms with Gasteiger partial charge in [0.2, 0.25) is 0 Å². The number of benzene rings is 1. The molecule has 0 bridgehead atoms. The van der Waals surface area contributed by atoms with Crippen LogP contribution in [0.4, 0.5) is 5.69 Å². The average Bonchev–Trinajstić information content (AvgIpc) is 2.97. The third-order valence-corrected chi connectivity index (χ3v) is 4.98. The van der Waals surface area contributed by atoms with E-state index >= 15 is 0 Å². The quantitative estimate of drug-likeness (QED) is 0.687. The molecule has 22 heavy (non-hydrogen) atoms. The Hall–Kier alpha value is -1.55. The van der Waals surface area contributed by atoms with Crippen molar-refractivity contribution in [2.75, 3.05) is 38.1 Å². The minimum atomic E-state index is 0.727. The Morgan fingerprint density at radius 1 is 1.27 bits per heavy atom. The second kappa shape index (κ2) is 7.14. The number of aliphatic imine (C=N–C) groups is 1. The first-order valence-electron chi connectivity index (χ1n) is 8.59. The number of fused-ring (bicyclic) bond motifs is 1. The van der Waals surface area contributed by atoms with Gasteiger partial charge < -0.3 is 10.2 Å². The third kappa shape index (κ3) is 3.27. The molecule has 1 aromatic carbocycles. The smallest absolute Gasteiger partial charge is 0.198 e. The first-order chi connectivity index (χ1) is 10.8. The van der Waals surface area contributed by atoms with Gasteiger partial charge in [-0.25, -0.2) is 0 Å². The maximum atomic E-state index is 4.48. The lowest BCUT2D eigenvalue weighted by Gasteiger charge is -2.33. The van der Waals surface area contributed by atoms with Crippen molar-refractivity contribution in [1.82, 2.24) is 10.2 Å². The van der Waals surface area contributed by atoms with Crippen LogP contribution in [0.1, 0.15) is 31.7 Å². The van der Waals surface area contributed by atoms with Gasteiger partial charge in [-0.3, -0.25) is 9.89 Å². The molecule has 4 heteroatoms. The Balaban J connectivity index is 1.55. The van der Waals surface area contributed by atoms with Gasteiger partial charge in [0.25, 0.3) is 0 Å². The van der Waals surface area contributed by atoms with E-state index < -0.39 is 0 Å². The number of rotatable bonds is 3. The molecule has 1 aromatic rings. The van der Waals surface area contributed by atoms with Crippen molar-refractivity contribution < 1.29 is 0 Å². The monoisotopic (exact) mass is 300 g/mol. The van der Waals surface area contributed by atoms with Gasteiger partial charge >= 0.3 is 0 Å². The summed E-state index contributed by atoms with van der Waals surface area (Å²) < 4.78 is 0. The molecule has 1 N–H and O–H groups in total. The highest BCUT2D eigenvalue weighted by Gasteiger charge is 2.23. The first kappa shape index (κ1) is 15.3. The zero-order valence-electron chi connectivity index (χ0n) is 13.9. The lowest BCUT2D eigenvalue weighted by Crippen LogP contribution is -2.46. The maximum absolute atomic E-state index is 4.48. The number of hydrogen-bond donors (Lipinski definition) is 1. The molecule has 0 amide bonds. The molecular formula is C18H28N4. The maximum Gasteiger partial charge on any atom is 0.198 e. The molecule has 0 radical (unpaired) electrons. The van der Waals surface area contributed by atoms with E-state index in [9.17, 15) is 0 Å². The summed E-state index contributed by atoms with van der Waals surface area (Å²) >= 11 is 0. The van der Waals surface area contributed by atoms with Gasteiger partial charge in [0.1, 0.15) is 0 Å². The highest BCUT2D eigenvalue weighted by Crippen LogP contribution is 2.27. The van der Waals surface area contributed by atoms with Crippen LogP contribution in [0, 0.1) is 0 Å². The number of piperidine rings is 1. The predicted molar refractivity (Wildman–Crippen MR) is 93.7 cm³/mol. The van der Waals surface area contributed by atoms with Gasteiger partial charge in [0, 0.05) is 38.4 Å². The van der Waals surface area contributed by atoms with E-state index in [4.69, 9.17) is 0 Å². The van der Waals surface area contributed by atoms with Crippen molar-refractivity contribution in [3.8, 4) is 0 Å². The molecule has 1 atom stereocenters. The molecule has 2 aliphatic heterocycles. The largest absolute Gasteiger partial charge is 0.355 e. The minimum absolute atomic E-state index is 0.727. The molecule has 3 rings (SSSR count). The molecule has 1 fully saturated rings. The summed E-state index contributed by atoms with van der Waals surface area (Å²) in [5.74, 6) is 1.01. The normalized spacial score (nSPS) is 22.7.